The van der Waals surface area contributed by atoms with E-state index in [2.05, 4.69) is 20.7 Å². The van der Waals surface area contributed by atoms with Gasteiger partial charge in [-0.1, -0.05) is 42.5 Å². The standard InChI is InChI=1S/C29H27N5O5/c1-39-23-13-9-20(10-14-23)26-31-29(33-34(26)22-11-7-19(17-35)8-12-22)32-28(38)25-24(36)16-21(30-27(25)37)15-18-5-3-2-4-6-18/h2-14,21,35-36H,15-17H2,1H3,(H,30,37)(H,32,33,38). The van der Waals surface area contributed by atoms with Crippen LogP contribution in [0.3, 0.4) is 0 Å². The van der Waals surface area contributed by atoms with E-state index >= 15 is 0 Å². The van der Waals surface area contributed by atoms with Crippen LogP contribution in [0, 0.1) is 0 Å². The summed E-state index contributed by atoms with van der Waals surface area (Å²) < 4.78 is 6.79. The molecule has 10 nitrogen and oxygen atoms in total. The number of carbonyl (C=O) groups excluding carboxylic acids is 2. The van der Waals surface area contributed by atoms with Gasteiger partial charge in [0, 0.05) is 18.0 Å². The Labute approximate surface area is 224 Å². The van der Waals surface area contributed by atoms with Crippen molar-refractivity contribution >= 4 is 17.8 Å². The molecule has 0 spiro atoms. The van der Waals surface area contributed by atoms with Crippen LogP contribution in [0.15, 0.2) is 90.2 Å². The summed E-state index contributed by atoms with van der Waals surface area (Å²) in [5.41, 5.74) is 2.73. The quantitative estimate of drug-likeness (QED) is 0.259. The second-order valence-corrected chi connectivity index (χ2v) is 9.06. The van der Waals surface area contributed by atoms with Crippen molar-refractivity contribution in [1.29, 1.82) is 0 Å². The second kappa shape index (κ2) is 11.2. The first-order valence-electron chi connectivity index (χ1n) is 12.3. The number of amides is 2. The second-order valence-electron chi connectivity index (χ2n) is 9.06. The number of nitrogens with zero attached hydrogens (tertiary/aromatic N) is 3. The van der Waals surface area contributed by atoms with Gasteiger partial charge in [-0.05, 0) is 53.9 Å². The molecule has 0 aliphatic carbocycles. The van der Waals surface area contributed by atoms with Gasteiger partial charge in [0.25, 0.3) is 11.8 Å². The average molecular weight is 526 g/mol. The zero-order valence-electron chi connectivity index (χ0n) is 21.2. The van der Waals surface area contributed by atoms with E-state index in [0.29, 0.717) is 29.2 Å². The highest BCUT2D eigenvalue weighted by Gasteiger charge is 2.32. The van der Waals surface area contributed by atoms with Crippen molar-refractivity contribution in [2.75, 3.05) is 12.4 Å². The molecule has 1 unspecified atom stereocenters. The zero-order chi connectivity index (χ0) is 27.4. The Morgan fingerprint density at radius 3 is 2.41 bits per heavy atom. The molecule has 4 N–H and O–H groups in total. The van der Waals surface area contributed by atoms with E-state index in [1.807, 2.05) is 42.5 Å². The molecule has 10 heteroatoms. The van der Waals surface area contributed by atoms with Crippen LogP contribution in [0.25, 0.3) is 17.1 Å². The van der Waals surface area contributed by atoms with Gasteiger partial charge in [-0.2, -0.15) is 4.98 Å². The van der Waals surface area contributed by atoms with Crippen LogP contribution >= 0.6 is 0 Å². The number of aromatic nitrogens is 3. The van der Waals surface area contributed by atoms with Crippen molar-refractivity contribution in [2.45, 2.75) is 25.5 Å². The van der Waals surface area contributed by atoms with Crippen LogP contribution in [-0.4, -0.2) is 49.9 Å². The lowest BCUT2D eigenvalue weighted by atomic mass is 9.96. The van der Waals surface area contributed by atoms with E-state index in [1.165, 1.54) is 0 Å². The minimum absolute atomic E-state index is 0.0449. The van der Waals surface area contributed by atoms with Crippen molar-refractivity contribution in [3.05, 3.63) is 101 Å². The van der Waals surface area contributed by atoms with Gasteiger partial charge >= 0.3 is 0 Å². The Hall–Kier alpha value is -4.96. The van der Waals surface area contributed by atoms with Crippen molar-refractivity contribution in [1.82, 2.24) is 20.1 Å². The summed E-state index contributed by atoms with van der Waals surface area (Å²) >= 11 is 0. The van der Waals surface area contributed by atoms with Gasteiger partial charge in [0.15, 0.2) is 5.82 Å². The summed E-state index contributed by atoms with van der Waals surface area (Å²) in [5, 5.41) is 29.8. The first-order chi connectivity index (χ1) is 18.9. The fourth-order valence-electron chi connectivity index (χ4n) is 4.41. The SMILES string of the molecule is COc1ccc(-c2nc(NC(=O)C3=C(O)CC(Cc4ccccc4)NC3=O)nn2-c2ccc(CO)cc2)cc1. The lowest BCUT2D eigenvalue weighted by molar-refractivity contribution is -0.122. The molecule has 0 fully saturated rings. The number of hydrogen-bond donors (Lipinski definition) is 4. The van der Waals surface area contributed by atoms with E-state index < -0.39 is 11.8 Å². The highest BCUT2D eigenvalue weighted by atomic mass is 16.5. The van der Waals surface area contributed by atoms with Gasteiger partial charge < -0.3 is 20.3 Å². The molecule has 4 aromatic rings. The first kappa shape index (κ1) is 25.7. The number of methoxy groups -OCH3 is 1. The van der Waals surface area contributed by atoms with Crippen LogP contribution < -0.4 is 15.4 Å². The molecular weight excluding hydrogens is 498 g/mol. The topological polar surface area (TPSA) is 139 Å². The molecule has 2 heterocycles. The Morgan fingerprint density at radius 2 is 1.77 bits per heavy atom. The molecule has 39 heavy (non-hydrogen) atoms. The number of benzene rings is 3. The average Bonchev–Trinajstić information content (AvgIpc) is 3.37. The minimum Gasteiger partial charge on any atom is -0.511 e. The Kier molecular flexibility index (Phi) is 7.37. The molecule has 0 radical (unpaired) electrons. The highest BCUT2D eigenvalue weighted by Crippen LogP contribution is 2.26. The predicted molar refractivity (Wildman–Crippen MR) is 144 cm³/mol. The summed E-state index contributed by atoms with van der Waals surface area (Å²) in [6.45, 7) is -0.100. The molecule has 5 rings (SSSR count). The molecule has 1 aliphatic heterocycles. The largest absolute Gasteiger partial charge is 0.511 e. The first-order valence-corrected chi connectivity index (χ1v) is 12.3. The Bertz CT molecular complexity index is 1450. The van der Waals surface area contributed by atoms with E-state index in [-0.39, 0.29) is 36.4 Å². The minimum atomic E-state index is -0.808. The molecule has 0 saturated heterocycles. The van der Waals surface area contributed by atoms with Crippen molar-refractivity contribution in [3.63, 3.8) is 0 Å². The molecule has 1 atom stereocenters. The summed E-state index contributed by atoms with van der Waals surface area (Å²) in [6, 6.07) is 23.5. The smallest absolute Gasteiger partial charge is 0.267 e. The molecule has 1 aliphatic rings. The number of rotatable bonds is 8. The van der Waals surface area contributed by atoms with Crippen LogP contribution in [0.2, 0.25) is 0 Å². The lowest BCUT2D eigenvalue weighted by Crippen LogP contribution is -2.44. The lowest BCUT2D eigenvalue weighted by Gasteiger charge is -2.24. The fourth-order valence-corrected chi connectivity index (χ4v) is 4.41. The Balaban J connectivity index is 1.41. The maximum atomic E-state index is 13.1. The van der Waals surface area contributed by atoms with E-state index in [9.17, 15) is 19.8 Å². The van der Waals surface area contributed by atoms with Crippen LogP contribution in [0.1, 0.15) is 17.5 Å². The molecule has 2 amide bonds. The molecule has 0 bridgehead atoms. The maximum absolute atomic E-state index is 13.1. The van der Waals surface area contributed by atoms with Gasteiger partial charge in [-0.3, -0.25) is 14.9 Å². The number of carbonyl (C=O) groups is 2. The number of aliphatic hydroxyl groups is 2. The van der Waals surface area contributed by atoms with E-state index in [0.717, 1.165) is 11.1 Å². The summed E-state index contributed by atoms with van der Waals surface area (Å²) in [6.07, 6.45) is 0.650. The maximum Gasteiger partial charge on any atom is 0.267 e. The third kappa shape index (κ3) is 5.65. The number of nitrogens with one attached hydrogen (secondary N) is 2. The van der Waals surface area contributed by atoms with Gasteiger partial charge in [0.1, 0.15) is 17.1 Å². The molecule has 1 aromatic heterocycles. The number of anilines is 1. The molecule has 198 valence electrons. The van der Waals surface area contributed by atoms with Crippen molar-refractivity contribution in [2.24, 2.45) is 0 Å². The van der Waals surface area contributed by atoms with Crippen LogP contribution in [-0.2, 0) is 22.6 Å². The third-order valence-corrected chi connectivity index (χ3v) is 6.39. The zero-order valence-corrected chi connectivity index (χ0v) is 21.2. The van der Waals surface area contributed by atoms with Gasteiger partial charge in [0.2, 0.25) is 5.95 Å². The molecular formula is C29H27N5O5. The Morgan fingerprint density at radius 1 is 1.05 bits per heavy atom. The van der Waals surface area contributed by atoms with Gasteiger partial charge in [-0.15, -0.1) is 5.10 Å². The molecule has 3 aromatic carbocycles. The molecule has 0 saturated carbocycles. The number of aliphatic hydroxyl groups excluding tert-OH is 2. The van der Waals surface area contributed by atoms with Gasteiger partial charge in [-0.25, -0.2) is 4.68 Å². The third-order valence-electron chi connectivity index (χ3n) is 6.39. The monoisotopic (exact) mass is 525 g/mol. The predicted octanol–water partition coefficient (Wildman–Crippen LogP) is 3.32. The number of hydrogen-bond acceptors (Lipinski definition) is 7. The van der Waals surface area contributed by atoms with E-state index in [1.54, 1.807) is 48.2 Å². The van der Waals surface area contributed by atoms with Crippen LogP contribution in [0.5, 0.6) is 5.75 Å². The van der Waals surface area contributed by atoms with Gasteiger partial charge in [0.05, 0.1) is 19.4 Å². The number of ether oxygens (including phenoxy) is 1. The van der Waals surface area contributed by atoms with Crippen molar-refractivity contribution < 1.29 is 24.5 Å². The van der Waals surface area contributed by atoms with E-state index in [4.69, 9.17) is 4.74 Å². The highest BCUT2D eigenvalue weighted by molar-refractivity contribution is 6.23. The summed E-state index contributed by atoms with van der Waals surface area (Å²) in [5.74, 6) is -0.701. The summed E-state index contributed by atoms with van der Waals surface area (Å²) in [7, 11) is 1.57. The fraction of sp³-hybridized carbons (Fsp3) is 0.172. The van der Waals surface area contributed by atoms with Crippen LogP contribution in [0.4, 0.5) is 5.95 Å². The van der Waals surface area contributed by atoms with Crippen molar-refractivity contribution in [3.8, 4) is 22.8 Å². The summed E-state index contributed by atoms with van der Waals surface area (Å²) in [4.78, 5) is 30.4. The normalized spacial score (nSPS) is 15.1.